The first-order valence-electron chi connectivity index (χ1n) is 4.18. The summed E-state index contributed by atoms with van der Waals surface area (Å²) in [7, 11) is 1.54. The smallest absolute Gasteiger partial charge is 0.142 e. The van der Waals surface area contributed by atoms with E-state index in [0.29, 0.717) is 17.6 Å². The van der Waals surface area contributed by atoms with Crippen LogP contribution in [0.3, 0.4) is 0 Å². The molecular weight excluding hydrogens is 185 g/mol. The molecule has 0 fully saturated rings. The van der Waals surface area contributed by atoms with Gasteiger partial charge in [-0.25, -0.2) is 9.37 Å². The molecule has 2 N–H and O–H groups in total. The molecule has 0 unspecified atom stereocenters. The SMILES string of the molecule is CN(O)Cc1cc2cc(F)cnc2[nH]1. The Hall–Kier alpha value is -1.46. The van der Waals surface area contributed by atoms with Crippen molar-refractivity contribution in [1.29, 1.82) is 0 Å². The van der Waals surface area contributed by atoms with Gasteiger partial charge < -0.3 is 10.2 Å². The van der Waals surface area contributed by atoms with Crippen molar-refractivity contribution in [2.45, 2.75) is 6.54 Å². The molecule has 4 nitrogen and oxygen atoms in total. The molecule has 2 aromatic heterocycles. The summed E-state index contributed by atoms with van der Waals surface area (Å²) in [4.78, 5) is 6.85. The molecular formula is C9H10FN3O. The zero-order chi connectivity index (χ0) is 10.1. The van der Waals surface area contributed by atoms with E-state index in [4.69, 9.17) is 5.21 Å². The van der Waals surface area contributed by atoms with Crippen molar-refractivity contribution in [3.05, 3.63) is 29.8 Å². The van der Waals surface area contributed by atoms with Crippen LogP contribution in [-0.2, 0) is 6.54 Å². The van der Waals surface area contributed by atoms with Gasteiger partial charge in [0.25, 0.3) is 0 Å². The molecule has 14 heavy (non-hydrogen) atoms. The van der Waals surface area contributed by atoms with Gasteiger partial charge in [0, 0.05) is 18.1 Å². The molecule has 0 saturated heterocycles. The molecule has 2 heterocycles. The van der Waals surface area contributed by atoms with Crippen LogP contribution < -0.4 is 0 Å². The molecule has 0 amide bonds. The highest BCUT2D eigenvalue weighted by Gasteiger charge is 2.04. The Labute approximate surface area is 79.9 Å². The number of hydrogen-bond acceptors (Lipinski definition) is 3. The first kappa shape index (κ1) is 9.11. The Morgan fingerprint density at radius 2 is 2.36 bits per heavy atom. The minimum Gasteiger partial charge on any atom is -0.342 e. The number of nitrogens with zero attached hydrogens (tertiary/aromatic N) is 2. The van der Waals surface area contributed by atoms with E-state index in [1.165, 1.54) is 6.07 Å². The standard InChI is InChI=1S/C9H10FN3O/c1-13(14)5-8-3-6-2-7(10)4-11-9(6)12-8/h2-4,14H,5H2,1H3,(H,11,12). The van der Waals surface area contributed by atoms with Crippen molar-refractivity contribution in [2.24, 2.45) is 0 Å². The van der Waals surface area contributed by atoms with Crippen LogP contribution in [-0.4, -0.2) is 27.3 Å². The Balaban J connectivity index is 2.41. The second-order valence-electron chi connectivity index (χ2n) is 3.20. The lowest BCUT2D eigenvalue weighted by molar-refractivity contribution is -0.0739. The van der Waals surface area contributed by atoms with E-state index in [1.807, 2.05) is 0 Å². The van der Waals surface area contributed by atoms with Gasteiger partial charge >= 0.3 is 0 Å². The van der Waals surface area contributed by atoms with Crippen LogP contribution in [0.2, 0.25) is 0 Å². The molecule has 0 aromatic carbocycles. The highest BCUT2D eigenvalue weighted by atomic mass is 19.1. The number of H-pyrrole nitrogens is 1. The average molecular weight is 195 g/mol. The van der Waals surface area contributed by atoms with Gasteiger partial charge in [-0.3, -0.25) is 0 Å². The largest absolute Gasteiger partial charge is 0.342 e. The van der Waals surface area contributed by atoms with Crippen LogP contribution in [0.25, 0.3) is 11.0 Å². The molecule has 0 aliphatic heterocycles. The number of hydrogen-bond donors (Lipinski definition) is 2. The van der Waals surface area contributed by atoms with Crippen molar-refractivity contribution in [3.63, 3.8) is 0 Å². The monoisotopic (exact) mass is 195 g/mol. The van der Waals surface area contributed by atoms with Gasteiger partial charge in [0.1, 0.15) is 11.5 Å². The van der Waals surface area contributed by atoms with Crippen LogP contribution in [0.15, 0.2) is 18.3 Å². The Morgan fingerprint density at radius 1 is 1.57 bits per heavy atom. The summed E-state index contributed by atoms with van der Waals surface area (Å²) in [6.07, 6.45) is 1.16. The fraction of sp³-hybridized carbons (Fsp3) is 0.222. The Morgan fingerprint density at radius 3 is 3.07 bits per heavy atom. The van der Waals surface area contributed by atoms with Crippen LogP contribution in [0.4, 0.5) is 4.39 Å². The summed E-state index contributed by atoms with van der Waals surface area (Å²) in [6.45, 7) is 0.359. The van der Waals surface area contributed by atoms with Gasteiger partial charge in [0.05, 0.1) is 12.7 Å². The average Bonchev–Trinajstić information content (AvgIpc) is 2.44. The van der Waals surface area contributed by atoms with Crippen molar-refractivity contribution < 1.29 is 9.60 Å². The maximum absolute atomic E-state index is 12.8. The van der Waals surface area contributed by atoms with E-state index in [9.17, 15) is 4.39 Å². The molecule has 0 radical (unpaired) electrons. The molecule has 2 aromatic rings. The molecule has 2 rings (SSSR count). The third-order valence-corrected chi connectivity index (χ3v) is 1.89. The number of aromatic nitrogens is 2. The summed E-state index contributed by atoms with van der Waals surface area (Å²) in [6, 6.07) is 3.16. The van der Waals surface area contributed by atoms with E-state index in [-0.39, 0.29) is 5.82 Å². The second-order valence-corrected chi connectivity index (χ2v) is 3.20. The lowest BCUT2D eigenvalue weighted by Gasteiger charge is -2.04. The van der Waals surface area contributed by atoms with Gasteiger partial charge in [-0.1, -0.05) is 0 Å². The van der Waals surface area contributed by atoms with Gasteiger partial charge in [0.15, 0.2) is 0 Å². The molecule has 5 heteroatoms. The maximum Gasteiger partial charge on any atom is 0.142 e. The van der Waals surface area contributed by atoms with Crippen LogP contribution in [0, 0.1) is 5.82 Å². The lowest BCUT2D eigenvalue weighted by atomic mass is 10.3. The fourth-order valence-electron chi connectivity index (χ4n) is 1.38. The molecule has 0 bridgehead atoms. The molecule has 0 spiro atoms. The highest BCUT2D eigenvalue weighted by Crippen LogP contribution is 2.14. The highest BCUT2D eigenvalue weighted by molar-refractivity contribution is 5.76. The fourth-order valence-corrected chi connectivity index (χ4v) is 1.38. The van der Waals surface area contributed by atoms with E-state index < -0.39 is 0 Å². The zero-order valence-corrected chi connectivity index (χ0v) is 7.66. The normalized spacial score (nSPS) is 11.4. The second kappa shape index (κ2) is 3.36. The molecule has 0 aliphatic carbocycles. The van der Waals surface area contributed by atoms with Gasteiger partial charge in [-0.2, -0.15) is 5.06 Å². The minimum atomic E-state index is -0.361. The molecule has 0 aliphatic rings. The third kappa shape index (κ3) is 1.73. The van der Waals surface area contributed by atoms with Crippen molar-refractivity contribution in [1.82, 2.24) is 15.0 Å². The molecule has 0 atom stereocenters. The quantitative estimate of drug-likeness (QED) is 0.714. The molecule has 74 valence electrons. The van der Waals surface area contributed by atoms with Crippen LogP contribution in [0.1, 0.15) is 5.69 Å². The maximum atomic E-state index is 12.8. The summed E-state index contributed by atoms with van der Waals surface area (Å²) in [5, 5.41) is 10.8. The predicted octanol–water partition coefficient (Wildman–Crippen LogP) is 1.52. The summed E-state index contributed by atoms with van der Waals surface area (Å²) in [5.74, 6) is -0.361. The summed E-state index contributed by atoms with van der Waals surface area (Å²) >= 11 is 0. The first-order valence-corrected chi connectivity index (χ1v) is 4.18. The Kier molecular flexibility index (Phi) is 2.18. The van der Waals surface area contributed by atoms with Crippen LogP contribution >= 0.6 is 0 Å². The van der Waals surface area contributed by atoms with Gasteiger partial charge in [-0.15, -0.1) is 0 Å². The lowest BCUT2D eigenvalue weighted by Crippen LogP contribution is -2.11. The summed E-state index contributed by atoms with van der Waals surface area (Å²) < 4.78 is 12.8. The van der Waals surface area contributed by atoms with E-state index >= 15 is 0 Å². The first-order chi connectivity index (χ1) is 6.65. The zero-order valence-electron chi connectivity index (χ0n) is 7.66. The van der Waals surface area contributed by atoms with E-state index in [2.05, 4.69) is 9.97 Å². The van der Waals surface area contributed by atoms with Crippen molar-refractivity contribution in [2.75, 3.05) is 7.05 Å². The molecule has 0 saturated carbocycles. The third-order valence-electron chi connectivity index (χ3n) is 1.89. The van der Waals surface area contributed by atoms with E-state index in [1.54, 1.807) is 13.1 Å². The number of nitrogens with one attached hydrogen (secondary N) is 1. The minimum absolute atomic E-state index is 0.359. The number of fused-ring (bicyclic) bond motifs is 1. The number of hydroxylamine groups is 2. The van der Waals surface area contributed by atoms with Crippen molar-refractivity contribution >= 4 is 11.0 Å². The predicted molar refractivity (Wildman–Crippen MR) is 49.3 cm³/mol. The van der Waals surface area contributed by atoms with Crippen LogP contribution in [0.5, 0.6) is 0 Å². The number of pyridine rings is 1. The number of aromatic amines is 1. The number of rotatable bonds is 2. The van der Waals surface area contributed by atoms with Gasteiger partial charge in [0.2, 0.25) is 0 Å². The topological polar surface area (TPSA) is 52.1 Å². The summed E-state index contributed by atoms with van der Waals surface area (Å²) in [5.41, 5.74) is 1.42. The van der Waals surface area contributed by atoms with Gasteiger partial charge in [-0.05, 0) is 12.1 Å². The number of halogens is 1. The van der Waals surface area contributed by atoms with Crippen molar-refractivity contribution in [3.8, 4) is 0 Å². The Bertz CT molecular complexity index is 452. The van der Waals surface area contributed by atoms with E-state index in [0.717, 1.165) is 17.0 Å².